The number of hydrogen-bond acceptors (Lipinski definition) is 4. The molecule has 5 nitrogen and oxygen atoms in total. The molecule has 8 heteroatoms. The topological polar surface area (TPSA) is 54.5 Å². The standard InChI is InChI=1S/C17H13F2N3O2S/c1-22(13-6-2-4-11(18)8-13)17(23)21-16-20-10-15(25-16)24-14-7-3-5-12(19)9-14/h2-10H,1H3,(H,20,21,23). The quantitative estimate of drug-likeness (QED) is 0.720. The third-order valence-corrected chi connectivity index (χ3v) is 4.00. The van der Waals surface area contributed by atoms with E-state index in [1.54, 1.807) is 12.1 Å². The van der Waals surface area contributed by atoms with Gasteiger partial charge >= 0.3 is 6.03 Å². The molecular weight excluding hydrogens is 348 g/mol. The number of carbonyl (C=O) groups excluding carboxylic acids is 1. The van der Waals surface area contributed by atoms with E-state index in [0.717, 1.165) is 11.3 Å². The number of anilines is 2. The van der Waals surface area contributed by atoms with Crippen LogP contribution in [0.5, 0.6) is 10.8 Å². The minimum absolute atomic E-state index is 0.305. The number of benzene rings is 2. The fraction of sp³-hybridized carbons (Fsp3) is 0.0588. The Kier molecular flexibility index (Phi) is 4.90. The van der Waals surface area contributed by atoms with Gasteiger partial charge in [-0.05, 0) is 30.3 Å². The van der Waals surface area contributed by atoms with Crippen molar-refractivity contribution >= 4 is 28.2 Å². The lowest BCUT2D eigenvalue weighted by Crippen LogP contribution is -2.31. The molecule has 0 bridgehead atoms. The van der Waals surface area contributed by atoms with Gasteiger partial charge in [0.15, 0.2) is 5.13 Å². The average Bonchev–Trinajstić information content (AvgIpc) is 3.01. The van der Waals surface area contributed by atoms with Crippen molar-refractivity contribution in [2.24, 2.45) is 0 Å². The Labute approximate surface area is 146 Å². The largest absolute Gasteiger partial charge is 0.445 e. The molecule has 0 fully saturated rings. The van der Waals surface area contributed by atoms with E-state index in [0.29, 0.717) is 21.6 Å². The first-order valence-electron chi connectivity index (χ1n) is 7.21. The zero-order valence-electron chi connectivity index (χ0n) is 13.1. The lowest BCUT2D eigenvalue weighted by molar-refractivity contribution is 0.258. The molecule has 0 saturated carbocycles. The van der Waals surface area contributed by atoms with Gasteiger partial charge in [-0.2, -0.15) is 0 Å². The van der Waals surface area contributed by atoms with E-state index in [-0.39, 0.29) is 0 Å². The van der Waals surface area contributed by atoms with Gasteiger partial charge in [0, 0.05) is 18.8 Å². The second-order valence-corrected chi connectivity index (χ2v) is 6.01. The molecule has 2 amide bonds. The number of aromatic nitrogens is 1. The molecule has 0 unspecified atom stereocenters. The minimum atomic E-state index is -0.475. The Morgan fingerprint density at radius 2 is 1.88 bits per heavy atom. The van der Waals surface area contributed by atoms with Crippen molar-refractivity contribution in [2.45, 2.75) is 0 Å². The molecule has 0 aliphatic heterocycles. The van der Waals surface area contributed by atoms with Gasteiger partial charge < -0.3 is 4.74 Å². The predicted molar refractivity (Wildman–Crippen MR) is 92.4 cm³/mol. The lowest BCUT2D eigenvalue weighted by atomic mass is 10.3. The maximum Gasteiger partial charge on any atom is 0.327 e. The van der Waals surface area contributed by atoms with Crippen molar-refractivity contribution in [3.63, 3.8) is 0 Å². The van der Waals surface area contributed by atoms with E-state index in [1.807, 2.05) is 0 Å². The van der Waals surface area contributed by atoms with Crippen LogP contribution in [0.4, 0.5) is 24.4 Å². The number of nitrogens with one attached hydrogen (secondary N) is 1. The SMILES string of the molecule is CN(C(=O)Nc1ncc(Oc2cccc(F)c2)s1)c1cccc(F)c1. The molecule has 0 atom stereocenters. The van der Waals surface area contributed by atoms with Crippen molar-refractivity contribution in [1.82, 2.24) is 4.98 Å². The monoisotopic (exact) mass is 361 g/mol. The molecular formula is C17H13F2N3O2S. The zero-order valence-corrected chi connectivity index (χ0v) is 13.9. The highest BCUT2D eigenvalue weighted by atomic mass is 32.1. The molecule has 1 aromatic heterocycles. The van der Waals surface area contributed by atoms with Crippen LogP contribution in [0, 0.1) is 11.6 Å². The van der Waals surface area contributed by atoms with Crippen LogP contribution in [0.1, 0.15) is 0 Å². The summed E-state index contributed by atoms with van der Waals surface area (Å²) in [6.45, 7) is 0. The van der Waals surface area contributed by atoms with Gasteiger partial charge in [0.05, 0.1) is 6.20 Å². The Hall–Kier alpha value is -3.00. The van der Waals surface area contributed by atoms with Gasteiger partial charge in [-0.3, -0.25) is 10.2 Å². The molecule has 3 aromatic rings. The highest BCUT2D eigenvalue weighted by molar-refractivity contribution is 7.17. The maximum atomic E-state index is 13.2. The van der Waals surface area contributed by atoms with E-state index in [4.69, 9.17) is 4.74 Å². The lowest BCUT2D eigenvalue weighted by Gasteiger charge is -2.16. The fourth-order valence-corrected chi connectivity index (χ4v) is 2.67. The Morgan fingerprint density at radius 1 is 1.16 bits per heavy atom. The van der Waals surface area contributed by atoms with Gasteiger partial charge in [-0.15, -0.1) is 0 Å². The number of nitrogens with zero attached hydrogens (tertiary/aromatic N) is 2. The number of thiazole rings is 1. The first kappa shape index (κ1) is 16.8. The molecule has 2 aromatic carbocycles. The molecule has 0 aliphatic carbocycles. The second kappa shape index (κ2) is 7.27. The Balaban J connectivity index is 1.65. The molecule has 3 rings (SSSR count). The smallest absolute Gasteiger partial charge is 0.327 e. The van der Waals surface area contributed by atoms with E-state index in [2.05, 4.69) is 10.3 Å². The number of urea groups is 1. The molecule has 1 heterocycles. The van der Waals surface area contributed by atoms with Crippen molar-refractivity contribution in [2.75, 3.05) is 17.3 Å². The van der Waals surface area contributed by atoms with E-state index in [9.17, 15) is 13.6 Å². The van der Waals surface area contributed by atoms with Crippen molar-refractivity contribution < 1.29 is 18.3 Å². The summed E-state index contributed by atoms with van der Waals surface area (Å²) in [5.74, 6) is -0.511. The number of halogens is 2. The summed E-state index contributed by atoms with van der Waals surface area (Å²) in [5.41, 5.74) is 0.408. The summed E-state index contributed by atoms with van der Waals surface area (Å²) in [4.78, 5) is 17.5. The fourth-order valence-electron chi connectivity index (χ4n) is 1.99. The first-order chi connectivity index (χ1) is 12.0. The number of hydrogen-bond donors (Lipinski definition) is 1. The third-order valence-electron chi connectivity index (χ3n) is 3.21. The summed E-state index contributed by atoms with van der Waals surface area (Å²) < 4.78 is 31.9. The summed E-state index contributed by atoms with van der Waals surface area (Å²) in [7, 11) is 1.52. The van der Waals surface area contributed by atoms with Gasteiger partial charge in [0.2, 0.25) is 5.06 Å². The summed E-state index contributed by atoms with van der Waals surface area (Å²) in [6.07, 6.45) is 1.42. The zero-order chi connectivity index (χ0) is 17.8. The Morgan fingerprint density at radius 3 is 2.60 bits per heavy atom. The molecule has 128 valence electrons. The molecule has 0 radical (unpaired) electrons. The normalized spacial score (nSPS) is 10.4. The van der Waals surface area contributed by atoms with Gasteiger partial charge in [-0.25, -0.2) is 18.6 Å². The van der Waals surface area contributed by atoms with Gasteiger partial charge in [-0.1, -0.05) is 23.5 Å². The van der Waals surface area contributed by atoms with E-state index >= 15 is 0 Å². The van der Waals surface area contributed by atoms with Crippen LogP contribution in [-0.2, 0) is 0 Å². The molecule has 1 N–H and O–H groups in total. The van der Waals surface area contributed by atoms with Crippen LogP contribution in [0.3, 0.4) is 0 Å². The highest BCUT2D eigenvalue weighted by Crippen LogP contribution is 2.30. The van der Waals surface area contributed by atoms with Gasteiger partial charge in [0.1, 0.15) is 17.4 Å². The first-order valence-corrected chi connectivity index (χ1v) is 8.02. The van der Waals surface area contributed by atoms with E-state index < -0.39 is 17.7 Å². The number of amides is 2. The van der Waals surface area contributed by atoms with E-state index in [1.165, 1.54) is 54.5 Å². The summed E-state index contributed by atoms with van der Waals surface area (Å²) >= 11 is 1.09. The number of rotatable bonds is 4. The van der Waals surface area contributed by atoms with Crippen LogP contribution in [-0.4, -0.2) is 18.1 Å². The van der Waals surface area contributed by atoms with Crippen LogP contribution in [0.25, 0.3) is 0 Å². The maximum absolute atomic E-state index is 13.2. The van der Waals surface area contributed by atoms with Crippen molar-refractivity contribution in [1.29, 1.82) is 0 Å². The van der Waals surface area contributed by atoms with Crippen molar-refractivity contribution in [3.8, 4) is 10.8 Å². The molecule has 0 saturated heterocycles. The minimum Gasteiger partial charge on any atom is -0.445 e. The summed E-state index contributed by atoms with van der Waals surface area (Å²) in [5, 5.41) is 3.30. The molecule has 0 spiro atoms. The second-order valence-electron chi connectivity index (χ2n) is 5.01. The van der Waals surface area contributed by atoms with Crippen LogP contribution in [0.2, 0.25) is 0 Å². The summed E-state index contributed by atoms with van der Waals surface area (Å²) in [6, 6.07) is 10.9. The molecule has 25 heavy (non-hydrogen) atoms. The number of ether oxygens (including phenoxy) is 1. The molecule has 0 aliphatic rings. The van der Waals surface area contributed by atoms with Crippen LogP contribution < -0.4 is 15.0 Å². The third kappa shape index (κ3) is 4.30. The van der Waals surface area contributed by atoms with Crippen LogP contribution in [0.15, 0.2) is 54.7 Å². The van der Waals surface area contributed by atoms with Crippen molar-refractivity contribution in [3.05, 3.63) is 66.4 Å². The van der Waals surface area contributed by atoms with Gasteiger partial charge in [0.25, 0.3) is 0 Å². The average molecular weight is 361 g/mol. The number of carbonyl (C=O) groups is 1. The highest BCUT2D eigenvalue weighted by Gasteiger charge is 2.14. The predicted octanol–water partition coefficient (Wildman–Crippen LogP) is 4.88. The van der Waals surface area contributed by atoms with Crippen LogP contribution >= 0.6 is 11.3 Å². The Bertz CT molecular complexity index is 901.